The lowest BCUT2D eigenvalue weighted by molar-refractivity contribution is 0.114. The third-order valence-corrected chi connectivity index (χ3v) is 7.52. The maximum absolute atomic E-state index is 9.15. The molecule has 0 bridgehead atoms. The Bertz CT molecular complexity index is 190. The molecule has 0 spiro atoms. The SMILES string of the molecule is CCCC[P+](C)(CCCC)CCCC.COC(=O)O.P. The molecule has 0 aromatic rings. The Morgan fingerprint density at radius 3 is 1.35 bits per heavy atom. The van der Waals surface area contributed by atoms with Crippen molar-refractivity contribution in [2.45, 2.75) is 59.3 Å². The molecule has 20 heavy (non-hydrogen) atoms. The minimum Gasteiger partial charge on any atom is -0.450 e. The van der Waals surface area contributed by atoms with E-state index in [-0.39, 0.29) is 9.90 Å². The van der Waals surface area contributed by atoms with Gasteiger partial charge in [0.2, 0.25) is 0 Å². The van der Waals surface area contributed by atoms with E-state index in [4.69, 9.17) is 9.90 Å². The van der Waals surface area contributed by atoms with Crippen LogP contribution >= 0.6 is 17.2 Å². The molecule has 0 heterocycles. The lowest BCUT2D eigenvalue weighted by atomic mass is 10.4. The summed E-state index contributed by atoms with van der Waals surface area (Å²) in [6.07, 6.45) is 12.0. The van der Waals surface area contributed by atoms with E-state index in [2.05, 4.69) is 32.2 Å². The Morgan fingerprint density at radius 2 is 1.20 bits per heavy atom. The van der Waals surface area contributed by atoms with Gasteiger partial charge in [-0.25, -0.2) is 4.79 Å². The third kappa shape index (κ3) is 18.1. The van der Waals surface area contributed by atoms with Gasteiger partial charge in [0.05, 0.1) is 25.6 Å². The van der Waals surface area contributed by atoms with Crippen molar-refractivity contribution in [2.75, 3.05) is 32.3 Å². The summed E-state index contributed by atoms with van der Waals surface area (Å²) in [5.74, 6) is 0. The summed E-state index contributed by atoms with van der Waals surface area (Å²) in [5, 5.41) is 7.50. The van der Waals surface area contributed by atoms with Gasteiger partial charge < -0.3 is 9.84 Å². The smallest absolute Gasteiger partial charge is 0.450 e. The normalized spacial score (nSPS) is 10.1. The molecule has 1 atom stereocenters. The summed E-state index contributed by atoms with van der Waals surface area (Å²) in [7, 11) is 0.581. The molecule has 3 nitrogen and oxygen atoms in total. The highest BCUT2D eigenvalue weighted by Gasteiger charge is 2.28. The average Bonchev–Trinajstić information content (AvgIpc) is 2.41. The second-order valence-corrected chi connectivity index (χ2v) is 9.90. The van der Waals surface area contributed by atoms with Crippen LogP contribution < -0.4 is 0 Å². The number of ether oxygens (including phenoxy) is 1. The molecule has 0 aromatic carbocycles. The molecule has 0 aliphatic carbocycles. The van der Waals surface area contributed by atoms with E-state index in [1.54, 1.807) is 18.5 Å². The molecule has 0 aromatic heterocycles. The van der Waals surface area contributed by atoms with Crippen LogP contribution in [0.1, 0.15) is 59.3 Å². The molecule has 0 saturated carbocycles. The molecule has 0 aliphatic rings. The van der Waals surface area contributed by atoms with Crippen molar-refractivity contribution in [1.29, 1.82) is 0 Å². The van der Waals surface area contributed by atoms with E-state index in [1.165, 1.54) is 38.5 Å². The molecule has 0 radical (unpaired) electrons. The lowest BCUT2D eigenvalue weighted by Crippen LogP contribution is -2.07. The summed E-state index contributed by atoms with van der Waals surface area (Å²) in [6.45, 7) is 9.59. The van der Waals surface area contributed by atoms with E-state index in [0.717, 1.165) is 7.11 Å². The molecule has 124 valence electrons. The van der Waals surface area contributed by atoms with Crippen LogP contribution in [-0.2, 0) is 4.74 Å². The highest BCUT2D eigenvalue weighted by Crippen LogP contribution is 2.57. The molecular formula is C15H37O3P2+. The van der Waals surface area contributed by atoms with Crippen LogP contribution in [-0.4, -0.2) is 43.5 Å². The molecule has 0 aliphatic heterocycles. The summed E-state index contributed by atoms with van der Waals surface area (Å²) < 4.78 is 3.67. The zero-order valence-electron chi connectivity index (χ0n) is 14.3. The average molecular weight is 327 g/mol. The van der Waals surface area contributed by atoms with Gasteiger partial charge in [-0.05, 0) is 19.3 Å². The molecule has 0 amide bonds. The summed E-state index contributed by atoms with van der Waals surface area (Å²) in [5.41, 5.74) is 0. The maximum Gasteiger partial charge on any atom is 0.505 e. The molecule has 0 saturated heterocycles. The highest BCUT2D eigenvalue weighted by atomic mass is 31.2. The Labute approximate surface area is 130 Å². The van der Waals surface area contributed by atoms with Crippen LogP contribution in [0.5, 0.6) is 0 Å². The Kier molecular flexibility index (Phi) is 21.6. The summed E-state index contributed by atoms with van der Waals surface area (Å²) in [6, 6.07) is 0. The van der Waals surface area contributed by atoms with Crippen molar-refractivity contribution in [3.8, 4) is 0 Å². The van der Waals surface area contributed by atoms with Crippen LogP contribution in [0.3, 0.4) is 0 Å². The number of hydrogen-bond donors (Lipinski definition) is 1. The Balaban J connectivity index is -0.000000414. The fourth-order valence-electron chi connectivity index (χ4n) is 1.95. The van der Waals surface area contributed by atoms with Crippen LogP contribution in [0.15, 0.2) is 0 Å². The van der Waals surface area contributed by atoms with Gasteiger partial charge in [-0.1, -0.05) is 40.0 Å². The van der Waals surface area contributed by atoms with Crippen molar-refractivity contribution in [3.05, 3.63) is 0 Å². The largest absolute Gasteiger partial charge is 0.505 e. The topological polar surface area (TPSA) is 46.5 Å². The van der Waals surface area contributed by atoms with Crippen molar-refractivity contribution < 1.29 is 14.6 Å². The van der Waals surface area contributed by atoms with E-state index in [0.29, 0.717) is 0 Å². The zero-order valence-corrected chi connectivity index (χ0v) is 16.6. The van der Waals surface area contributed by atoms with Crippen molar-refractivity contribution in [3.63, 3.8) is 0 Å². The first-order chi connectivity index (χ1) is 8.95. The number of hydrogen-bond acceptors (Lipinski definition) is 2. The maximum atomic E-state index is 9.15. The lowest BCUT2D eigenvalue weighted by Gasteiger charge is -2.22. The van der Waals surface area contributed by atoms with Gasteiger partial charge in [-0.2, -0.15) is 9.90 Å². The molecule has 1 N–H and O–H groups in total. The number of unbranched alkanes of at least 4 members (excludes halogenated alkanes) is 3. The molecule has 1 unspecified atom stereocenters. The number of methoxy groups -OCH3 is 1. The quantitative estimate of drug-likeness (QED) is 0.455. The second kappa shape index (κ2) is 17.2. The Hall–Kier alpha value is 0.130. The third-order valence-electron chi connectivity index (χ3n) is 3.33. The molecule has 0 rings (SSSR count). The van der Waals surface area contributed by atoms with E-state index < -0.39 is 13.4 Å². The van der Waals surface area contributed by atoms with Crippen molar-refractivity contribution in [1.82, 2.24) is 0 Å². The minimum atomic E-state index is -1.25. The van der Waals surface area contributed by atoms with Gasteiger partial charge in [0.25, 0.3) is 0 Å². The zero-order chi connectivity index (χ0) is 15.1. The van der Waals surface area contributed by atoms with Crippen LogP contribution in [0, 0.1) is 0 Å². The first kappa shape index (κ1) is 25.1. The van der Waals surface area contributed by atoms with E-state index in [9.17, 15) is 0 Å². The van der Waals surface area contributed by atoms with Crippen LogP contribution in [0.2, 0.25) is 0 Å². The molecule has 0 fully saturated rings. The fourth-order valence-corrected chi connectivity index (χ4v) is 5.86. The first-order valence-electron chi connectivity index (χ1n) is 7.56. The monoisotopic (exact) mass is 327 g/mol. The first-order valence-corrected chi connectivity index (χ1v) is 10.3. The van der Waals surface area contributed by atoms with Gasteiger partial charge in [0.1, 0.15) is 0 Å². The Morgan fingerprint density at radius 1 is 0.950 bits per heavy atom. The van der Waals surface area contributed by atoms with Gasteiger partial charge in [0.15, 0.2) is 0 Å². The number of carboxylic acid groups (broad SMARTS) is 1. The standard InChI is InChI=1S/C13H30P.C2H4O3.H3P/c1-5-8-11-14(4,12-9-6-2)13-10-7-3;1-5-2(3)4;/h5-13H2,1-4H3;1H3,(H,3,4);1H3/q+1;;. The minimum absolute atomic E-state index is 0. The predicted octanol–water partition coefficient (Wildman–Crippen LogP) is 5.40. The molecule has 5 heteroatoms. The van der Waals surface area contributed by atoms with E-state index >= 15 is 0 Å². The van der Waals surface area contributed by atoms with Gasteiger partial charge >= 0.3 is 6.16 Å². The number of carbonyl (C=O) groups is 1. The highest BCUT2D eigenvalue weighted by molar-refractivity contribution is 7.75. The van der Waals surface area contributed by atoms with Gasteiger partial charge in [-0.15, -0.1) is 0 Å². The van der Waals surface area contributed by atoms with Crippen molar-refractivity contribution in [2.24, 2.45) is 0 Å². The summed E-state index contributed by atoms with van der Waals surface area (Å²) >= 11 is 0. The predicted molar refractivity (Wildman–Crippen MR) is 98.3 cm³/mol. The second-order valence-electron chi connectivity index (χ2n) is 5.32. The van der Waals surface area contributed by atoms with Crippen LogP contribution in [0.25, 0.3) is 0 Å². The summed E-state index contributed by atoms with van der Waals surface area (Å²) in [4.78, 5) is 9.15. The van der Waals surface area contributed by atoms with Gasteiger partial charge in [-0.3, -0.25) is 0 Å². The van der Waals surface area contributed by atoms with Gasteiger partial charge in [0, 0.05) is 13.9 Å². The number of rotatable bonds is 9. The fraction of sp³-hybridized carbons (Fsp3) is 0.933. The van der Waals surface area contributed by atoms with Crippen LogP contribution in [0.4, 0.5) is 4.79 Å². The molecular weight excluding hydrogens is 290 g/mol. The van der Waals surface area contributed by atoms with Crippen molar-refractivity contribution >= 4 is 23.3 Å². The van der Waals surface area contributed by atoms with E-state index in [1.807, 2.05) is 0 Å².